The van der Waals surface area contributed by atoms with Gasteiger partial charge in [-0.25, -0.2) is 0 Å². The van der Waals surface area contributed by atoms with Crippen LogP contribution in [0.25, 0.3) is 0 Å². The third kappa shape index (κ3) is 15.8. The van der Waals surface area contributed by atoms with Crippen molar-refractivity contribution in [2.45, 2.75) is 119 Å². The number of amides is 3. The zero-order valence-electron chi connectivity index (χ0n) is 33.9. The van der Waals surface area contributed by atoms with Gasteiger partial charge in [0.2, 0.25) is 17.7 Å². The summed E-state index contributed by atoms with van der Waals surface area (Å²) < 4.78 is 22.2. The molecule has 5 unspecified atom stereocenters. The van der Waals surface area contributed by atoms with Gasteiger partial charge < -0.3 is 49.6 Å². The molecular formula is C40H74N6O7S. The van der Waals surface area contributed by atoms with Crippen molar-refractivity contribution >= 4 is 29.5 Å². The van der Waals surface area contributed by atoms with E-state index in [9.17, 15) is 14.4 Å². The second kappa shape index (κ2) is 26.4. The number of likely N-dealkylation sites (N-methyl/N-ethyl adjacent to an activating group) is 3. The summed E-state index contributed by atoms with van der Waals surface area (Å²) in [6, 6.07) is -0.528. The number of carbonyl (C=O) groups excluding carboxylic acids is 3. The van der Waals surface area contributed by atoms with Gasteiger partial charge in [0.25, 0.3) is 0 Å². The van der Waals surface area contributed by atoms with Crippen LogP contribution in [0.15, 0.2) is 0 Å². The van der Waals surface area contributed by atoms with Crippen molar-refractivity contribution in [3.8, 4) is 0 Å². The molecule has 3 N–H and O–H groups in total. The summed E-state index contributed by atoms with van der Waals surface area (Å²) in [7, 11) is 5.47. The molecule has 0 aromatic carbocycles. The maximum atomic E-state index is 12.3. The zero-order chi connectivity index (χ0) is 38.4. The lowest BCUT2D eigenvalue weighted by Crippen LogP contribution is -2.48. The van der Waals surface area contributed by atoms with E-state index in [1.54, 1.807) is 7.05 Å². The lowest BCUT2D eigenvalue weighted by Gasteiger charge is -2.27. The molecule has 6 fully saturated rings. The number of hydrogen-bond donors (Lipinski definition) is 3. The number of nitrogens with zero attached hydrogens (tertiary/aromatic N) is 3. The van der Waals surface area contributed by atoms with Crippen LogP contribution in [0, 0.1) is 5.92 Å². The Morgan fingerprint density at radius 1 is 0.537 bits per heavy atom. The second-order valence-electron chi connectivity index (χ2n) is 15.6. The van der Waals surface area contributed by atoms with Crippen molar-refractivity contribution in [3.05, 3.63) is 0 Å². The monoisotopic (exact) mass is 783 g/mol. The van der Waals surface area contributed by atoms with Gasteiger partial charge in [-0.1, -0.05) is 51.4 Å². The van der Waals surface area contributed by atoms with E-state index in [1.165, 1.54) is 82.8 Å². The highest BCUT2D eigenvalue weighted by atomic mass is 32.2. The van der Waals surface area contributed by atoms with Gasteiger partial charge >= 0.3 is 0 Å². The molecule has 1 aliphatic carbocycles. The summed E-state index contributed by atoms with van der Waals surface area (Å²) in [4.78, 5) is 42.8. The number of carbonyl (C=O) groups is 3. The van der Waals surface area contributed by atoms with Crippen molar-refractivity contribution in [3.63, 3.8) is 0 Å². The lowest BCUT2D eigenvalue weighted by atomic mass is 9.99. The van der Waals surface area contributed by atoms with Crippen LogP contribution in [0.4, 0.5) is 0 Å². The summed E-state index contributed by atoms with van der Waals surface area (Å²) in [5, 5.41) is 9.74. The van der Waals surface area contributed by atoms with Crippen LogP contribution in [0.5, 0.6) is 0 Å². The largest absolute Gasteiger partial charge is 0.377 e. The van der Waals surface area contributed by atoms with E-state index in [4.69, 9.17) is 18.9 Å². The van der Waals surface area contributed by atoms with Crippen molar-refractivity contribution in [2.75, 3.05) is 112 Å². The fourth-order valence-electron chi connectivity index (χ4n) is 8.10. The first-order chi connectivity index (χ1) is 26.4. The molecule has 13 nitrogen and oxygen atoms in total. The Bertz CT molecular complexity index is 925. The molecule has 5 atom stereocenters. The van der Waals surface area contributed by atoms with E-state index in [1.807, 2.05) is 40.6 Å². The molecule has 0 aromatic heterocycles. The van der Waals surface area contributed by atoms with Gasteiger partial charge in [-0.05, 0) is 71.3 Å². The van der Waals surface area contributed by atoms with Gasteiger partial charge in [0.05, 0.1) is 45.7 Å². The van der Waals surface area contributed by atoms with Crippen molar-refractivity contribution in [2.24, 2.45) is 5.92 Å². The molecule has 0 aromatic rings. The molecule has 5 saturated heterocycles. The van der Waals surface area contributed by atoms with Crippen LogP contribution in [0.1, 0.15) is 89.9 Å². The van der Waals surface area contributed by atoms with Crippen LogP contribution in [-0.4, -0.2) is 174 Å². The van der Waals surface area contributed by atoms with Gasteiger partial charge in [-0.2, -0.15) is 11.8 Å². The highest BCUT2D eigenvalue weighted by Crippen LogP contribution is 2.26. The fraction of sp³-hybridized carbons (Fsp3) is 0.925. The first-order valence-electron chi connectivity index (χ1n) is 21.3. The van der Waals surface area contributed by atoms with Crippen LogP contribution in [-0.2, 0) is 33.3 Å². The maximum absolute atomic E-state index is 12.3. The number of rotatable bonds is 9. The molecule has 0 bridgehead atoms. The molecule has 5 heterocycles. The Labute approximate surface area is 330 Å². The van der Waals surface area contributed by atoms with E-state index in [0.29, 0.717) is 63.9 Å². The molecule has 0 spiro atoms. The van der Waals surface area contributed by atoms with Gasteiger partial charge in [0.1, 0.15) is 18.1 Å². The smallest absolute Gasteiger partial charge is 0.242 e. The third-order valence-electron chi connectivity index (χ3n) is 11.6. The van der Waals surface area contributed by atoms with Gasteiger partial charge in [0.15, 0.2) is 0 Å². The molecule has 5 aliphatic heterocycles. The van der Waals surface area contributed by atoms with E-state index < -0.39 is 0 Å². The number of nitrogens with one attached hydrogen (secondary N) is 3. The maximum Gasteiger partial charge on any atom is 0.242 e. The average molecular weight is 783 g/mol. The molecule has 14 heteroatoms. The van der Waals surface area contributed by atoms with E-state index in [2.05, 4.69) is 16.0 Å². The first-order valence-corrected chi connectivity index (χ1v) is 22.3. The van der Waals surface area contributed by atoms with E-state index in [-0.39, 0.29) is 42.0 Å². The van der Waals surface area contributed by atoms with Crippen LogP contribution in [0.2, 0.25) is 0 Å². The summed E-state index contributed by atoms with van der Waals surface area (Å²) in [5.41, 5.74) is 0. The Hall–Kier alpha value is -1.52. The zero-order valence-corrected chi connectivity index (χ0v) is 34.7. The Morgan fingerprint density at radius 2 is 1.00 bits per heavy atom. The van der Waals surface area contributed by atoms with Crippen molar-refractivity contribution in [1.82, 2.24) is 30.7 Å². The normalized spacial score (nSPS) is 29.9. The molecule has 6 aliphatic rings. The minimum Gasteiger partial charge on any atom is -0.377 e. The van der Waals surface area contributed by atoms with E-state index >= 15 is 0 Å². The van der Waals surface area contributed by atoms with Crippen molar-refractivity contribution < 1.29 is 33.3 Å². The number of ether oxygens (including phenoxy) is 4. The van der Waals surface area contributed by atoms with Crippen molar-refractivity contribution in [1.29, 1.82) is 0 Å². The Morgan fingerprint density at radius 3 is 1.56 bits per heavy atom. The summed E-state index contributed by atoms with van der Waals surface area (Å²) in [5.74, 6) is 2.52. The van der Waals surface area contributed by atoms with Crippen LogP contribution < -0.4 is 16.0 Å². The topological polar surface area (TPSA) is 134 Å². The second-order valence-corrected chi connectivity index (χ2v) is 17.1. The first kappa shape index (κ1) is 45.2. The van der Waals surface area contributed by atoms with Crippen LogP contribution >= 0.6 is 11.8 Å². The predicted molar refractivity (Wildman–Crippen MR) is 215 cm³/mol. The highest BCUT2D eigenvalue weighted by Gasteiger charge is 2.31. The highest BCUT2D eigenvalue weighted by molar-refractivity contribution is 7.99. The summed E-state index contributed by atoms with van der Waals surface area (Å²) in [6.07, 6.45) is 18.1. The molecule has 0 radical (unpaired) electrons. The van der Waals surface area contributed by atoms with Gasteiger partial charge in [-0.15, -0.1) is 0 Å². The lowest BCUT2D eigenvalue weighted by molar-refractivity contribution is -0.134. The van der Waals surface area contributed by atoms with E-state index in [0.717, 1.165) is 45.6 Å². The summed E-state index contributed by atoms with van der Waals surface area (Å²) >= 11 is 2.04. The molecule has 6 rings (SSSR count). The fourth-order valence-corrected chi connectivity index (χ4v) is 9.43. The Kier molecular flexibility index (Phi) is 22.1. The minimum absolute atomic E-state index is 0.142. The SMILES string of the molecule is CNC1COCCN(CC2CCCCCC2)C1=O.CNC1COCCN(CC2CCCCCO2)C1=O.CNC1COCCN(CC2CCCCCS2)C1=O. The summed E-state index contributed by atoms with van der Waals surface area (Å²) in [6.45, 7) is 9.00. The predicted octanol–water partition coefficient (Wildman–Crippen LogP) is 2.91. The van der Waals surface area contributed by atoms with Gasteiger partial charge in [0, 0.05) is 51.1 Å². The standard InChI is InChI=1S/C14H26N2O2.C13H24N2O3.C13H24N2O2S/c1-15-13-11-18-9-8-16(14(13)17)10-12-6-4-2-3-5-7-12;1-14-12-10-17-8-6-15(13(12)16)9-11-5-3-2-4-7-18-11;1-14-12-10-17-7-6-15(13(12)16)9-11-5-3-2-4-8-18-11/h12-13,15H,2-11H2,1H3;2*11-12,14H,2-10H2,1H3. The molecule has 3 amide bonds. The quantitative estimate of drug-likeness (QED) is 0.299. The molecular weight excluding hydrogens is 709 g/mol. The van der Waals surface area contributed by atoms with Gasteiger partial charge in [-0.3, -0.25) is 14.4 Å². The number of thioether (sulfide) groups is 1. The molecule has 54 heavy (non-hydrogen) atoms. The molecule has 1 saturated carbocycles. The van der Waals surface area contributed by atoms with Crippen LogP contribution in [0.3, 0.4) is 0 Å². The number of hydrogen-bond acceptors (Lipinski definition) is 11. The third-order valence-corrected chi connectivity index (χ3v) is 13.0. The minimum atomic E-state index is -0.210. The average Bonchev–Trinajstić information content (AvgIpc) is 3.85. The Balaban J connectivity index is 0.000000180. The molecule has 312 valence electrons.